The van der Waals surface area contributed by atoms with Crippen molar-refractivity contribution < 1.29 is 14.5 Å². The molecule has 1 atom stereocenters. The van der Waals surface area contributed by atoms with Crippen molar-refractivity contribution in [1.29, 1.82) is 0 Å². The van der Waals surface area contributed by atoms with Gasteiger partial charge in [-0.2, -0.15) is 0 Å². The minimum Gasteiger partial charge on any atom is -0.481 e. The molecule has 7 nitrogen and oxygen atoms in total. The molecule has 1 amide bonds. The molecular formula is C20H33N3O4. The summed E-state index contributed by atoms with van der Waals surface area (Å²) in [6, 6.07) is 5.70. The van der Waals surface area contributed by atoms with E-state index >= 15 is 0 Å². The Morgan fingerprint density at radius 3 is 2.04 bits per heavy atom. The Labute approximate surface area is 161 Å². The molecule has 7 heteroatoms. The first-order chi connectivity index (χ1) is 13.1. The third-order valence-electron chi connectivity index (χ3n) is 4.58. The van der Waals surface area contributed by atoms with E-state index in [-0.39, 0.29) is 11.6 Å². The Morgan fingerprint density at radius 2 is 1.56 bits per heavy atom. The molecule has 152 valence electrons. The summed E-state index contributed by atoms with van der Waals surface area (Å²) in [5.74, 6) is 5.27. The predicted molar refractivity (Wildman–Crippen MR) is 106 cm³/mol. The molecule has 1 aromatic rings. The number of nitrogens with two attached hydrogens (primary N) is 1. The summed E-state index contributed by atoms with van der Waals surface area (Å²) in [7, 11) is 0. The molecule has 0 heterocycles. The Kier molecular flexibility index (Phi) is 11.8. The molecule has 0 saturated carbocycles. The number of carbonyl (C=O) groups excluding carboxylic acids is 1. The van der Waals surface area contributed by atoms with Gasteiger partial charge in [0.05, 0.1) is 4.92 Å². The molecule has 0 aromatic heterocycles. The zero-order valence-corrected chi connectivity index (χ0v) is 16.3. The van der Waals surface area contributed by atoms with Gasteiger partial charge in [-0.3, -0.25) is 20.3 Å². The average Bonchev–Trinajstić information content (AvgIpc) is 2.68. The van der Waals surface area contributed by atoms with Gasteiger partial charge in [0, 0.05) is 12.1 Å². The standard InChI is InChI=1S/C20H33N3O4/c1-2-3-4-5-6-7-8-9-10-11-12-19(20(24)22-21)27-18-15-13-17(14-16-18)23(25)26/h13-16,19H,2-12,21H2,1H3,(H,22,24). The van der Waals surface area contributed by atoms with Gasteiger partial charge in [-0.05, 0) is 25.0 Å². The van der Waals surface area contributed by atoms with E-state index in [0.29, 0.717) is 12.2 Å². The van der Waals surface area contributed by atoms with E-state index in [1.54, 1.807) is 0 Å². The SMILES string of the molecule is CCCCCCCCCCCCC(Oc1ccc([N+](=O)[O-])cc1)C(=O)NN. The third-order valence-corrected chi connectivity index (χ3v) is 4.58. The zero-order chi connectivity index (χ0) is 19.9. The smallest absolute Gasteiger partial charge is 0.274 e. The van der Waals surface area contributed by atoms with Crippen molar-refractivity contribution >= 4 is 11.6 Å². The lowest BCUT2D eigenvalue weighted by Crippen LogP contribution is -2.42. The second-order valence-corrected chi connectivity index (χ2v) is 6.84. The van der Waals surface area contributed by atoms with Crippen molar-refractivity contribution in [3.63, 3.8) is 0 Å². The Bertz CT molecular complexity index is 549. The summed E-state index contributed by atoms with van der Waals surface area (Å²) >= 11 is 0. The van der Waals surface area contributed by atoms with Gasteiger partial charge < -0.3 is 4.74 Å². The van der Waals surface area contributed by atoms with Crippen LogP contribution in [-0.4, -0.2) is 16.9 Å². The molecule has 0 spiro atoms. The number of nitrogens with one attached hydrogen (secondary N) is 1. The summed E-state index contributed by atoms with van der Waals surface area (Å²) in [5.41, 5.74) is 2.11. The number of amides is 1. The first-order valence-corrected chi connectivity index (χ1v) is 10.00. The van der Waals surface area contributed by atoms with E-state index in [1.807, 2.05) is 0 Å². The van der Waals surface area contributed by atoms with Crippen LogP contribution in [0.5, 0.6) is 5.75 Å². The Hall–Kier alpha value is -2.15. The second-order valence-electron chi connectivity index (χ2n) is 6.84. The Balaban J connectivity index is 2.28. The highest BCUT2D eigenvalue weighted by Crippen LogP contribution is 2.20. The van der Waals surface area contributed by atoms with Crippen LogP contribution in [0.3, 0.4) is 0 Å². The van der Waals surface area contributed by atoms with Gasteiger partial charge >= 0.3 is 0 Å². The highest BCUT2D eigenvalue weighted by molar-refractivity contribution is 5.80. The lowest BCUT2D eigenvalue weighted by atomic mass is 10.0. The van der Waals surface area contributed by atoms with Gasteiger partial charge in [0.2, 0.25) is 0 Å². The van der Waals surface area contributed by atoms with E-state index in [4.69, 9.17) is 10.6 Å². The number of non-ortho nitro benzene ring substituents is 1. The number of hydrogen-bond acceptors (Lipinski definition) is 5. The molecule has 27 heavy (non-hydrogen) atoms. The van der Waals surface area contributed by atoms with Crippen molar-refractivity contribution in [2.45, 2.75) is 83.7 Å². The van der Waals surface area contributed by atoms with Gasteiger partial charge in [0.15, 0.2) is 6.10 Å². The van der Waals surface area contributed by atoms with Crippen LogP contribution in [0.4, 0.5) is 5.69 Å². The fourth-order valence-corrected chi connectivity index (χ4v) is 2.96. The molecule has 0 fully saturated rings. The van der Waals surface area contributed by atoms with Crippen LogP contribution in [0, 0.1) is 10.1 Å². The topological polar surface area (TPSA) is 107 Å². The summed E-state index contributed by atoms with van der Waals surface area (Å²) in [6.45, 7) is 2.23. The van der Waals surface area contributed by atoms with Crippen LogP contribution in [-0.2, 0) is 4.79 Å². The maximum Gasteiger partial charge on any atom is 0.274 e. The number of ether oxygens (including phenoxy) is 1. The lowest BCUT2D eigenvalue weighted by molar-refractivity contribution is -0.384. The van der Waals surface area contributed by atoms with E-state index in [1.165, 1.54) is 69.2 Å². The minimum absolute atomic E-state index is 0.0168. The monoisotopic (exact) mass is 379 g/mol. The van der Waals surface area contributed by atoms with Crippen LogP contribution in [0.2, 0.25) is 0 Å². The van der Waals surface area contributed by atoms with Crippen LogP contribution in [0.25, 0.3) is 0 Å². The number of nitro benzene ring substituents is 1. The van der Waals surface area contributed by atoms with E-state index in [2.05, 4.69) is 12.3 Å². The van der Waals surface area contributed by atoms with Crippen molar-refractivity contribution in [1.82, 2.24) is 5.43 Å². The van der Waals surface area contributed by atoms with Crippen molar-refractivity contribution in [3.8, 4) is 5.75 Å². The molecule has 0 saturated heterocycles. The van der Waals surface area contributed by atoms with E-state index in [9.17, 15) is 14.9 Å². The number of nitro groups is 1. The maximum atomic E-state index is 11.9. The number of rotatable bonds is 15. The quantitative estimate of drug-likeness (QED) is 0.152. The molecule has 1 aromatic carbocycles. The van der Waals surface area contributed by atoms with E-state index < -0.39 is 11.0 Å². The van der Waals surface area contributed by atoms with Crippen LogP contribution < -0.4 is 16.0 Å². The van der Waals surface area contributed by atoms with Gasteiger partial charge in [0.25, 0.3) is 11.6 Å². The summed E-state index contributed by atoms with van der Waals surface area (Å²) in [6.07, 6.45) is 12.0. The fraction of sp³-hybridized carbons (Fsp3) is 0.650. The molecule has 0 bridgehead atoms. The second kappa shape index (κ2) is 14.0. The highest BCUT2D eigenvalue weighted by Gasteiger charge is 2.19. The average molecular weight is 380 g/mol. The molecular weight excluding hydrogens is 346 g/mol. The number of nitrogens with zero attached hydrogens (tertiary/aromatic N) is 1. The number of carbonyl (C=O) groups is 1. The molecule has 0 aliphatic carbocycles. The molecule has 1 rings (SSSR count). The maximum absolute atomic E-state index is 11.9. The van der Waals surface area contributed by atoms with Crippen LogP contribution in [0.1, 0.15) is 77.6 Å². The van der Waals surface area contributed by atoms with Crippen LogP contribution in [0.15, 0.2) is 24.3 Å². The molecule has 0 radical (unpaired) electrons. The van der Waals surface area contributed by atoms with Crippen molar-refractivity contribution in [2.24, 2.45) is 5.84 Å². The number of unbranched alkanes of at least 4 members (excludes halogenated alkanes) is 9. The number of hydrogen-bond donors (Lipinski definition) is 2. The normalized spacial score (nSPS) is 11.8. The highest BCUT2D eigenvalue weighted by atomic mass is 16.6. The molecule has 1 unspecified atom stereocenters. The Morgan fingerprint density at radius 1 is 1.04 bits per heavy atom. The fourth-order valence-electron chi connectivity index (χ4n) is 2.96. The lowest BCUT2D eigenvalue weighted by Gasteiger charge is -2.17. The first-order valence-electron chi connectivity index (χ1n) is 10.00. The number of benzene rings is 1. The van der Waals surface area contributed by atoms with Crippen molar-refractivity contribution in [2.75, 3.05) is 0 Å². The first kappa shape index (κ1) is 22.9. The minimum atomic E-state index is -0.689. The molecule has 0 aliphatic rings. The van der Waals surface area contributed by atoms with Gasteiger partial charge in [-0.25, -0.2) is 5.84 Å². The largest absolute Gasteiger partial charge is 0.481 e. The van der Waals surface area contributed by atoms with E-state index in [0.717, 1.165) is 19.3 Å². The van der Waals surface area contributed by atoms with Gasteiger partial charge in [-0.1, -0.05) is 64.7 Å². The van der Waals surface area contributed by atoms with Gasteiger partial charge in [-0.15, -0.1) is 0 Å². The molecule has 3 N–H and O–H groups in total. The zero-order valence-electron chi connectivity index (χ0n) is 16.3. The summed E-state index contributed by atoms with van der Waals surface area (Å²) in [5, 5.41) is 10.7. The van der Waals surface area contributed by atoms with Gasteiger partial charge in [0.1, 0.15) is 5.75 Å². The predicted octanol–water partition coefficient (Wildman–Crippen LogP) is 4.64. The third kappa shape index (κ3) is 9.94. The number of hydrazine groups is 1. The summed E-state index contributed by atoms with van der Waals surface area (Å²) < 4.78 is 5.67. The summed E-state index contributed by atoms with van der Waals surface area (Å²) in [4.78, 5) is 22.1. The van der Waals surface area contributed by atoms with Crippen molar-refractivity contribution in [3.05, 3.63) is 34.4 Å². The molecule has 0 aliphatic heterocycles. The van der Waals surface area contributed by atoms with Crippen LogP contribution >= 0.6 is 0 Å².